The molecule has 12 rings (SSSR count). The number of fused-ring (bicyclic) bond motifs is 8. The molecule has 0 spiro atoms. The molecule has 0 fully saturated rings. The average molecular weight is 1180 g/mol. The van der Waals surface area contributed by atoms with Crippen LogP contribution in [-0.4, -0.2) is 26.0 Å². The number of phenols is 2. The SMILES string of the molecule is CC(C)(C)c1ccc2c(c1)c1cc(C(C)(C)C)ccc1n2-c1ccc(O)c(N2[CH-]N(CN3[CH-]N(c4cc(-n5c6ccc(C(C)(C)C)cc6c6cc(C(C)(C)C)ccc65)ccc4O)c4ccccc43)c3ccccc32)c1.[Pt+2]. The summed E-state index contributed by atoms with van der Waals surface area (Å²) >= 11 is 0. The van der Waals surface area contributed by atoms with Gasteiger partial charge in [-0.1, -0.05) is 132 Å². The molecule has 76 heavy (non-hydrogen) atoms. The Hall–Kier alpha value is -7.15. The summed E-state index contributed by atoms with van der Waals surface area (Å²) < 4.78 is 4.68. The van der Waals surface area contributed by atoms with Crippen molar-refractivity contribution in [1.82, 2.24) is 9.13 Å². The van der Waals surface area contributed by atoms with Crippen molar-refractivity contribution in [3.8, 4) is 22.9 Å². The van der Waals surface area contributed by atoms with Crippen molar-refractivity contribution < 1.29 is 31.3 Å². The second-order valence-electron chi connectivity index (χ2n) is 25.0. The van der Waals surface area contributed by atoms with Gasteiger partial charge in [-0.3, -0.25) is 0 Å². The van der Waals surface area contributed by atoms with Crippen LogP contribution in [0.5, 0.6) is 11.5 Å². The smallest absolute Gasteiger partial charge is 0.506 e. The van der Waals surface area contributed by atoms with Crippen molar-refractivity contribution in [2.45, 2.75) is 105 Å². The second kappa shape index (κ2) is 18.0. The topological polar surface area (TPSA) is 63.3 Å². The predicted octanol–water partition coefficient (Wildman–Crippen LogP) is 17.3. The zero-order valence-electron chi connectivity index (χ0n) is 45.8. The van der Waals surface area contributed by atoms with Gasteiger partial charge in [-0.2, -0.15) is 0 Å². The van der Waals surface area contributed by atoms with Crippen molar-refractivity contribution in [2.75, 3.05) is 26.3 Å². The van der Waals surface area contributed by atoms with Gasteiger partial charge in [-0.05, 0) is 153 Å². The summed E-state index contributed by atoms with van der Waals surface area (Å²) in [6.07, 6.45) is 0. The summed E-state index contributed by atoms with van der Waals surface area (Å²) in [5.74, 6) is 0.370. The molecule has 0 bridgehead atoms. The molecule has 0 amide bonds. The Labute approximate surface area is 462 Å². The summed E-state index contributed by atoms with van der Waals surface area (Å²) in [4.78, 5) is 8.67. The first-order chi connectivity index (χ1) is 35.5. The van der Waals surface area contributed by atoms with Crippen molar-refractivity contribution in [1.29, 1.82) is 0 Å². The third-order valence-electron chi connectivity index (χ3n) is 15.7. The molecular formula is C67H68N6O2Pt. The molecule has 0 atom stereocenters. The van der Waals surface area contributed by atoms with Gasteiger partial charge in [0.1, 0.15) is 11.5 Å². The predicted molar refractivity (Wildman–Crippen MR) is 315 cm³/mol. The van der Waals surface area contributed by atoms with Crippen molar-refractivity contribution in [3.63, 3.8) is 0 Å². The Balaban J connectivity index is 0.00000616. The van der Waals surface area contributed by atoms with Crippen LogP contribution in [0.2, 0.25) is 0 Å². The third-order valence-corrected chi connectivity index (χ3v) is 15.7. The van der Waals surface area contributed by atoms with E-state index in [-0.39, 0.29) is 54.2 Å². The molecule has 2 aromatic heterocycles. The molecule has 2 aliphatic rings. The number of rotatable bonds is 6. The number of aromatic hydroxyl groups is 2. The number of hydrogen-bond acceptors (Lipinski definition) is 6. The van der Waals surface area contributed by atoms with Crippen LogP contribution in [-0.2, 0) is 42.7 Å². The second-order valence-corrected chi connectivity index (χ2v) is 25.0. The monoisotopic (exact) mass is 1180 g/mol. The molecule has 2 N–H and O–H groups in total. The van der Waals surface area contributed by atoms with E-state index in [9.17, 15) is 10.2 Å². The van der Waals surface area contributed by atoms with E-state index in [1.54, 1.807) is 0 Å². The van der Waals surface area contributed by atoms with Gasteiger partial charge in [-0.25, -0.2) is 0 Å². The molecule has 0 radical (unpaired) electrons. The number of hydrogen-bond donors (Lipinski definition) is 2. The maximum Gasteiger partial charge on any atom is 2.00 e. The molecule has 8 nitrogen and oxygen atoms in total. The number of anilines is 6. The number of nitrogens with zero attached hydrogens (tertiary/aromatic N) is 6. The van der Waals surface area contributed by atoms with Crippen LogP contribution in [0.1, 0.15) is 105 Å². The van der Waals surface area contributed by atoms with E-state index in [1.165, 1.54) is 43.8 Å². The quantitative estimate of drug-likeness (QED) is 0.162. The fraction of sp³-hybridized carbons (Fsp3) is 0.254. The molecule has 2 aliphatic heterocycles. The molecule has 0 aliphatic carbocycles. The van der Waals surface area contributed by atoms with Crippen molar-refractivity contribution in [3.05, 3.63) is 193 Å². The zero-order chi connectivity index (χ0) is 52.7. The number of phenolic OH excluding ortho intramolecular Hbond substituents is 2. The summed E-state index contributed by atoms with van der Waals surface area (Å²) in [7, 11) is 0. The average Bonchev–Trinajstić information content (AvgIpc) is 4.15. The zero-order valence-corrected chi connectivity index (χ0v) is 48.0. The van der Waals surface area contributed by atoms with E-state index in [2.05, 4.69) is 259 Å². The van der Waals surface area contributed by atoms with Crippen LogP contribution in [0.3, 0.4) is 0 Å². The molecule has 9 heteroatoms. The minimum atomic E-state index is -0.0102. The number of benzene rings is 8. The minimum absolute atomic E-state index is 0. The number of aromatic nitrogens is 2. The molecule has 0 saturated carbocycles. The molecular weight excluding hydrogens is 1120 g/mol. The summed E-state index contributed by atoms with van der Waals surface area (Å²) in [5.41, 5.74) is 16.8. The van der Waals surface area contributed by atoms with Crippen LogP contribution >= 0.6 is 0 Å². The fourth-order valence-electron chi connectivity index (χ4n) is 11.3. The Bertz CT molecular complexity index is 3530. The molecule has 10 aromatic rings. The van der Waals surface area contributed by atoms with E-state index in [0.717, 1.165) is 56.2 Å². The van der Waals surface area contributed by atoms with E-state index in [0.29, 0.717) is 18.0 Å². The normalized spacial score (nSPS) is 14.2. The third kappa shape index (κ3) is 8.48. The van der Waals surface area contributed by atoms with Gasteiger partial charge in [0.05, 0.1) is 33.4 Å². The van der Waals surface area contributed by atoms with Gasteiger partial charge in [-0.15, -0.1) is 13.3 Å². The summed E-state index contributed by atoms with van der Waals surface area (Å²) in [5, 5.41) is 28.6. The largest absolute Gasteiger partial charge is 2.00 e. The van der Waals surface area contributed by atoms with Crippen LogP contribution in [0.15, 0.2) is 158 Å². The van der Waals surface area contributed by atoms with Gasteiger partial charge >= 0.3 is 21.1 Å². The van der Waals surface area contributed by atoms with Gasteiger partial charge in [0.15, 0.2) is 0 Å². The van der Waals surface area contributed by atoms with Gasteiger partial charge in [0.2, 0.25) is 0 Å². The fourth-order valence-corrected chi connectivity index (χ4v) is 11.3. The van der Waals surface area contributed by atoms with E-state index < -0.39 is 0 Å². The molecule has 0 saturated heterocycles. The Morgan fingerprint density at radius 3 is 0.921 bits per heavy atom. The molecule has 8 aromatic carbocycles. The van der Waals surface area contributed by atoms with E-state index in [1.807, 2.05) is 24.3 Å². The standard InChI is InChI=1S/C67H68N6O2.Pt/c1-64(2,3)42-21-27-52-48(33-42)49-34-43(65(4,5)6)22-28-53(49)72(52)46-25-31-62(74)60(37-46)70-40-68(56-17-13-15-19-58(56)70)39-69-41-71(59-20-16-14-18-57(59)69)61-38-47(26-32-63(61)75)73-54-29-23-44(66(7,8)9)35-50(54)51-36-45(67(10,11)12)24-30-55(51)73;/h13-38,40-41,74-75H,39H2,1-12H3;/q-2;+2. The van der Waals surface area contributed by atoms with Crippen LogP contribution in [0.4, 0.5) is 34.1 Å². The summed E-state index contributed by atoms with van der Waals surface area (Å²) in [6, 6.07) is 56.2. The first kappa shape index (κ1) is 51.0. The Kier molecular flexibility index (Phi) is 12.1. The van der Waals surface area contributed by atoms with E-state index in [4.69, 9.17) is 0 Å². The first-order valence-corrected chi connectivity index (χ1v) is 26.4. The first-order valence-electron chi connectivity index (χ1n) is 26.4. The van der Waals surface area contributed by atoms with Crippen molar-refractivity contribution in [2.24, 2.45) is 0 Å². The Morgan fingerprint density at radius 1 is 0.342 bits per heavy atom. The van der Waals surface area contributed by atoms with Gasteiger partial charge < -0.3 is 38.9 Å². The molecule has 388 valence electrons. The van der Waals surface area contributed by atoms with Gasteiger partial charge in [0, 0.05) is 62.3 Å². The summed E-state index contributed by atoms with van der Waals surface area (Å²) in [6.45, 7) is 31.9. The van der Waals surface area contributed by atoms with Crippen LogP contribution < -0.4 is 19.6 Å². The van der Waals surface area contributed by atoms with Crippen molar-refractivity contribution >= 4 is 77.7 Å². The minimum Gasteiger partial charge on any atom is -0.506 e. The van der Waals surface area contributed by atoms with Crippen LogP contribution in [0.25, 0.3) is 55.0 Å². The van der Waals surface area contributed by atoms with E-state index >= 15 is 0 Å². The Morgan fingerprint density at radius 2 is 0.632 bits per heavy atom. The molecule has 4 heterocycles. The maximum atomic E-state index is 11.8. The number of para-hydroxylation sites is 4. The molecule has 0 unspecified atom stereocenters. The van der Waals surface area contributed by atoms with Gasteiger partial charge in [0.25, 0.3) is 0 Å². The van der Waals surface area contributed by atoms with Crippen LogP contribution in [0, 0.1) is 13.3 Å². The maximum absolute atomic E-state index is 11.8.